The highest BCUT2D eigenvalue weighted by Gasteiger charge is 2.18. The van der Waals surface area contributed by atoms with E-state index in [4.69, 9.17) is 0 Å². The Hall–Kier alpha value is -3.39. The van der Waals surface area contributed by atoms with Crippen LogP contribution in [0.2, 0.25) is 0 Å². The number of rotatable bonds is 3. The van der Waals surface area contributed by atoms with Gasteiger partial charge in [0.15, 0.2) is 0 Å². The van der Waals surface area contributed by atoms with Crippen LogP contribution in [0.5, 0.6) is 0 Å². The zero-order valence-corrected chi connectivity index (χ0v) is 15.6. The van der Waals surface area contributed by atoms with Crippen molar-refractivity contribution in [1.82, 2.24) is 25.2 Å². The van der Waals surface area contributed by atoms with Crippen molar-refractivity contribution in [2.24, 2.45) is 7.05 Å². The average Bonchev–Trinajstić information content (AvgIpc) is 3.37. The van der Waals surface area contributed by atoms with Gasteiger partial charge in [-0.15, -0.1) is 11.3 Å². The minimum atomic E-state index is -0.372. The van der Waals surface area contributed by atoms with E-state index in [0.29, 0.717) is 10.6 Å². The summed E-state index contributed by atoms with van der Waals surface area (Å²) < 4.78 is 3.51. The van der Waals surface area contributed by atoms with Crippen molar-refractivity contribution in [2.45, 2.75) is 6.92 Å². The Morgan fingerprint density at radius 3 is 2.48 bits per heavy atom. The first kappa shape index (κ1) is 17.0. The normalized spacial score (nSPS) is 10.9. The lowest BCUT2D eigenvalue weighted by Crippen LogP contribution is -2.41. The zero-order valence-electron chi connectivity index (χ0n) is 14.8. The molecule has 0 fully saturated rings. The third-order valence-corrected chi connectivity index (χ3v) is 5.34. The lowest BCUT2D eigenvalue weighted by Gasteiger charge is -2.07. The molecule has 4 aromatic rings. The molecular weight excluding hydrogens is 362 g/mol. The van der Waals surface area contributed by atoms with Gasteiger partial charge >= 0.3 is 0 Å². The molecular formula is C19H17N5O2S. The molecule has 1 aromatic carbocycles. The molecule has 3 aromatic heterocycles. The fraction of sp³-hybridized carbons (Fsp3) is 0.105. The van der Waals surface area contributed by atoms with Crippen molar-refractivity contribution in [2.75, 3.05) is 0 Å². The molecule has 0 spiro atoms. The predicted octanol–water partition coefficient (Wildman–Crippen LogP) is 2.81. The van der Waals surface area contributed by atoms with Crippen molar-refractivity contribution in [3.8, 4) is 5.69 Å². The van der Waals surface area contributed by atoms with Crippen LogP contribution in [0.1, 0.15) is 25.9 Å². The summed E-state index contributed by atoms with van der Waals surface area (Å²) in [5, 5.41) is 5.48. The molecule has 7 nitrogen and oxygen atoms in total. The molecule has 0 saturated heterocycles. The van der Waals surface area contributed by atoms with E-state index in [9.17, 15) is 9.59 Å². The molecule has 0 atom stereocenters. The maximum atomic E-state index is 12.5. The molecule has 0 aliphatic rings. The second kappa shape index (κ2) is 6.73. The summed E-state index contributed by atoms with van der Waals surface area (Å²) in [6, 6.07) is 15.0. The minimum Gasteiger partial charge on any atom is -0.347 e. The molecule has 27 heavy (non-hydrogen) atoms. The molecule has 2 N–H and O–H groups in total. The van der Waals surface area contributed by atoms with Crippen molar-refractivity contribution in [3.05, 3.63) is 71.0 Å². The molecule has 0 radical (unpaired) electrons. The van der Waals surface area contributed by atoms with E-state index in [1.807, 2.05) is 41.9 Å². The van der Waals surface area contributed by atoms with Crippen molar-refractivity contribution < 1.29 is 9.59 Å². The monoisotopic (exact) mass is 379 g/mol. The molecule has 0 aliphatic heterocycles. The first-order valence-corrected chi connectivity index (χ1v) is 9.13. The standard InChI is InChI=1S/C19H17N5O2S/c1-12-14-11-16(18(26)21-20-17(25)15-9-6-10-23(15)2)27-19(14)24(22-12)13-7-4-3-5-8-13/h3-11H,1-2H3,(H,20,25)(H,21,26). The van der Waals surface area contributed by atoms with Crippen LogP contribution >= 0.6 is 11.3 Å². The fourth-order valence-electron chi connectivity index (χ4n) is 2.84. The van der Waals surface area contributed by atoms with Crippen LogP contribution in [-0.4, -0.2) is 26.2 Å². The van der Waals surface area contributed by atoms with Gasteiger partial charge in [-0.25, -0.2) is 4.68 Å². The third-order valence-electron chi connectivity index (χ3n) is 4.24. The second-order valence-electron chi connectivity index (χ2n) is 6.07. The fourth-order valence-corrected chi connectivity index (χ4v) is 3.92. The van der Waals surface area contributed by atoms with Crippen LogP contribution in [-0.2, 0) is 7.05 Å². The Morgan fingerprint density at radius 1 is 1.04 bits per heavy atom. The summed E-state index contributed by atoms with van der Waals surface area (Å²) in [6.07, 6.45) is 1.76. The number of amides is 2. The number of carbonyl (C=O) groups excluding carboxylic acids is 2. The van der Waals surface area contributed by atoms with Gasteiger partial charge in [-0.05, 0) is 37.3 Å². The van der Waals surface area contributed by atoms with Gasteiger partial charge in [0.25, 0.3) is 11.8 Å². The number of hydrogen-bond acceptors (Lipinski definition) is 4. The van der Waals surface area contributed by atoms with Gasteiger partial charge in [-0.2, -0.15) is 5.10 Å². The van der Waals surface area contributed by atoms with Gasteiger partial charge in [0.2, 0.25) is 0 Å². The topological polar surface area (TPSA) is 81.0 Å². The highest BCUT2D eigenvalue weighted by molar-refractivity contribution is 7.20. The van der Waals surface area contributed by atoms with Crippen molar-refractivity contribution in [1.29, 1.82) is 0 Å². The summed E-state index contributed by atoms with van der Waals surface area (Å²) in [6.45, 7) is 1.91. The Labute approximate surface area is 159 Å². The van der Waals surface area contributed by atoms with Crippen LogP contribution in [0.25, 0.3) is 15.9 Å². The van der Waals surface area contributed by atoms with Crippen molar-refractivity contribution >= 4 is 33.4 Å². The quantitative estimate of drug-likeness (QED) is 0.537. The Balaban J connectivity index is 1.56. The second-order valence-corrected chi connectivity index (χ2v) is 7.11. The number of nitrogens with zero attached hydrogens (tertiary/aromatic N) is 3. The molecule has 0 aliphatic carbocycles. The summed E-state index contributed by atoms with van der Waals surface area (Å²) in [5.41, 5.74) is 7.16. The number of fused-ring (bicyclic) bond motifs is 1. The molecule has 8 heteroatoms. The SMILES string of the molecule is Cc1nn(-c2ccccc2)c2sc(C(=O)NNC(=O)c3cccn3C)cc12. The Kier molecular flexibility index (Phi) is 4.25. The van der Waals surface area contributed by atoms with Crippen LogP contribution in [0.3, 0.4) is 0 Å². The summed E-state index contributed by atoms with van der Waals surface area (Å²) in [5.74, 6) is -0.735. The largest absolute Gasteiger partial charge is 0.347 e. The smallest absolute Gasteiger partial charge is 0.286 e. The maximum absolute atomic E-state index is 12.5. The highest BCUT2D eigenvalue weighted by Crippen LogP contribution is 2.30. The predicted molar refractivity (Wildman–Crippen MR) is 104 cm³/mol. The number of carbonyl (C=O) groups is 2. The first-order chi connectivity index (χ1) is 13.0. The molecule has 0 saturated carbocycles. The Bertz CT molecular complexity index is 1140. The molecule has 2 amide bonds. The Morgan fingerprint density at radius 2 is 1.78 bits per heavy atom. The van der Waals surface area contributed by atoms with Gasteiger partial charge in [0.05, 0.1) is 16.3 Å². The highest BCUT2D eigenvalue weighted by atomic mass is 32.1. The van der Waals surface area contributed by atoms with E-state index >= 15 is 0 Å². The van der Waals surface area contributed by atoms with E-state index in [0.717, 1.165) is 21.6 Å². The molecule has 0 bridgehead atoms. The zero-order chi connectivity index (χ0) is 19.0. The number of aryl methyl sites for hydroxylation is 2. The van der Waals surface area contributed by atoms with Crippen LogP contribution in [0.15, 0.2) is 54.7 Å². The van der Waals surface area contributed by atoms with E-state index < -0.39 is 0 Å². The lowest BCUT2D eigenvalue weighted by molar-refractivity contribution is 0.0844. The number of aromatic nitrogens is 3. The number of nitrogens with one attached hydrogen (secondary N) is 2. The third kappa shape index (κ3) is 3.11. The number of para-hydroxylation sites is 1. The van der Waals surface area contributed by atoms with Crippen molar-refractivity contribution in [3.63, 3.8) is 0 Å². The van der Waals surface area contributed by atoms with Crippen LogP contribution in [0, 0.1) is 6.92 Å². The summed E-state index contributed by atoms with van der Waals surface area (Å²) >= 11 is 1.33. The van der Waals surface area contributed by atoms with Crippen LogP contribution in [0.4, 0.5) is 0 Å². The summed E-state index contributed by atoms with van der Waals surface area (Å²) in [7, 11) is 1.76. The average molecular weight is 379 g/mol. The van der Waals surface area contributed by atoms with Crippen LogP contribution < -0.4 is 10.9 Å². The molecule has 136 valence electrons. The van der Waals surface area contributed by atoms with Gasteiger partial charge in [0.1, 0.15) is 10.5 Å². The van der Waals surface area contributed by atoms with E-state index in [2.05, 4.69) is 16.0 Å². The van der Waals surface area contributed by atoms with Gasteiger partial charge in [0, 0.05) is 18.6 Å². The van der Waals surface area contributed by atoms with E-state index in [1.165, 1.54) is 11.3 Å². The summed E-state index contributed by atoms with van der Waals surface area (Å²) in [4.78, 5) is 26.0. The van der Waals surface area contributed by atoms with Gasteiger partial charge in [-0.3, -0.25) is 20.4 Å². The number of hydrazine groups is 1. The number of benzene rings is 1. The lowest BCUT2D eigenvalue weighted by atomic mass is 10.3. The van der Waals surface area contributed by atoms with E-state index in [1.54, 1.807) is 36.0 Å². The minimum absolute atomic E-state index is 0.363. The molecule has 4 rings (SSSR count). The molecule has 3 heterocycles. The maximum Gasteiger partial charge on any atom is 0.286 e. The number of thiophene rings is 1. The van der Waals surface area contributed by atoms with E-state index in [-0.39, 0.29) is 11.8 Å². The van der Waals surface area contributed by atoms with Gasteiger partial charge in [-0.1, -0.05) is 18.2 Å². The molecule has 0 unspecified atom stereocenters. The van der Waals surface area contributed by atoms with Gasteiger partial charge < -0.3 is 4.57 Å². The first-order valence-electron chi connectivity index (χ1n) is 8.31. The number of hydrogen-bond donors (Lipinski definition) is 2.